The van der Waals surface area contributed by atoms with Gasteiger partial charge in [0.2, 0.25) is 17.2 Å². The average molecular weight is 459 g/mol. The van der Waals surface area contributed by atoms with E-state index in [2.05, 4.69) is 16.9 Å². The molecule has 1 heterocycles. The molecular weight excluding hydrogens is 440 g/mol. The van der Waals surface area contributed by atoms with E-state index < -0.39 is 6.04 Å². The molecule has 0 radical (unpaired) electrons. The van der Waals surface area contributed by atoms with Gasteiger partial charge < -0.3 is 5.32 Å². The summed E-state index contributed by atoms with van der Waals surface area (Å²) in [5, 5.41) is 3.34. The third-order valence-electron chi connectivity index (χ3n) is 6.67. The smallest absolute Gasteiger partial charge is 0.239 e. The van der Waals surface area contributed by atoms with E-state index in [-0.39, 0.29) is 35.1 Å². The third kappa shape index (κ3) is 3.07. The fourth-order valence-corrected chi connectivity index (χ4v) is 4.96. The van der Waals surface area contributed by atoms with Crippen molar-refractivity contribution in [2.45, 2.75) is 12.5 Å². The molecule has 1 unspecified atom stereocenters. The maximum atomic E-state index is 13.4. The number of carbonyl (C=O) groups is 4. The minimum Gasteiger partial charge on any atom is -0.364 e. The predicted octanol–water partition coefficient (Wildman–Crippen LogP) is 2.49. The van der Waals surface area contributed by atoms with Crippen molar-refractivity contribution in [2.24, 2.45) is 0 Å². The Morgan fingerprint density at radius 3 is 2.40 bits per heavy atom. The first-order chi connectivity index (χ1) is 17.0. The summed E-state index contributed by atoms with van der Waals surface area (Å²) in [4.78, 5) is 56.1. The van der Waals surface area contributed by atoms with E-state index >= 15 is 0 Å². The van der Waals surface area contributed by atoms with E-state index in [1.165, 1.54) is 0 Å². The van der Waals surface area contributed by atoms with Crippen LogP contribution >= 0.6 is 0 Å². The van der Waals surface area contributed by atoms with Crippen LogP contribution in [-0.4, -0.2) is 34.9 Å². The fraction of sp³-hybridized carbons (Fsp3) is 0.0690. The van der Waals surface area contributed by atoms with Crippen molar-refractivity contribution in [3.8, 4) is 0 Å². The minimum atomic E-state index is -0.608. The van der Waals surface area contributed by atoms with E-state index in [1.54, 1.807) is 72.9 Å². The van der Waals surface area contributed by atoms with Gasteiger partial charge in [-0.3, -0.25) is 19.2 Å². The van der Waals surface area contributed by atoms with Crippen molar-refractivity contribution in [3.63, 3.8) is 0 Å². The highest BCUT2D eigenvalue weighted by atomic mass is 16.1. The molecule has 2 N–H and O–H groups in total. The second kappa shape index (κ2) is 7.67. The van der Waals surface area contributed by atoms with Gasteiger partial charge in [0, 0.05) is 45.9 Å². The van der Waals surface area contributed by atoms with E-state index in [0.717, 1.165) is 0 Å². The SMILES string of the molecule is C=C1/C=C\C=C/CC(=O)C2=C(C=CC3=[NH+]c4c(ccc5c4C(=O)c4ccccc4C5=O)NC32)C1=O. The van der Waals surface area contributed by atoms with Crippen LogP contribution < -0.4 is 10.3 Å². The van der Waals surface area contributed by atoms with Gasteiger partial charge in [0.05, 0.1) is 0 Å². The van der Waals surface area contributed by atoms with Gasteiger partial charge in [0.15, 0.2) is 17.3 Å². The van der Waals surface area contributed by atoms with Gasteiger partial charge in [-0.25, -0.2) is 4.99 Å². The van der Waals surface area contributed by atoms with Crippen LogP contribution in [0.1, 0.15) is 38.3 Å². The number of hydrogen-bond donors (Lipinski definition) is 2. The number of carbonyl (C=O) groups excluding carboxylic acids is 4. The molecular formula is C29H19N2O4+. The molecule has 6 rings (SSSR count). The molecule has 2 aromatic rings. The standard InChI is InChI=1S/C29H18N2O4/c1-15-7-3-2-4-10-22(32)23-18(27(15)33)11-13-20-25(23)30-21-14-12-19-24(26(21)31-20)29(35)17-9-6-5-8-16(17)28(19)34/h2-9,11-14,25,30H,1,10H2/p+1/b4-2-,7-3-. The lowest BCUT2D eigenvalue weighted by molar-refractivity contribution is -0.355. The van der Waals surface area contributed by atoms with Crippen LogP contribution in [0.15, 0.2) is 96.2 Å². The Morgan fingerprint density at radius 2 is 1.60 bits per heavy atom. The number of anilines is 1. The molecule has 0 aromatic heterocycles. The third-order valence-corrected chi connectivity index (χ3v) is 6.67. The summed E-state index contributed by atoms with van der Waals surface area (Å²) < 4.78 is 0. The van der Waals surface area contributed by atoms with Crippen LogP contribution in [0.4, 0.5) is 11.4 Å². The number of rotatable bonds is 0. The Bertz CT molecular complexity index is 1580. The van der Waals surface area contributed by atoms with Crippen molar-refractivity contribution < 1.29 is 24.2 Å². The first-order valence-corrected chi connectivity index (χ1v) is 11.2. The average Bonchev–Trinajstić information content (AvgIpc) is 2.88. The summed E-state index contributed by atoms with van der Waals surface area (Å²) in [6.45, 7) is 3.85. The lowest BCUT2D eigenvalue weighted by Crippen LogP contribution is -2.73. The number of nitrogens with one attached hydrogen (secondary N) is 2. The van der Waals surface area contributed by atoms with Gasteiger partial charge in [-0.1, -0.05) is 55.1 Å². The Kier molecular flexibility index (Phi) is 4.57. The van der Waals surface area contributed by atoms with Crippen molar-refractivity contribution in [1.82, 2.24) is 0 Å². The van der Waals surface area contributed by atoms with E-state index in [4.69, 9.17) is 0 Å². The number of fused-ring (bicyclic) bond motifs is 6. The molecule has 4 aliphatic rings. The lowest BCUT2D eigenvalue weighted by atomic mass is 9.80. The van der Waals surface area contributed by atoms with Crippen LogP contribution in [0.2, 0.25) is 0 Å². The normalized spacial score (nSPS) is 22.2. The number of Topliss-reactive ketones (excluding diaryl/α,β-unsaturated/α-hetero) is 2. The van der Waals surface area contributed by atoms with Gasteiger partial charge in [-0.05, 0) is 18.2 Å². The Hall–Kier alpha value is -4.71. The van der Waals surface area contributed by atoms with Gasteiger partial charge in [0.1, 0.15) is 17.3 Å². The molecule has 2 aromatic carbocycles. The molecule has 0 fully saturated rings. The van der Waals surface area contributed by atoms with Gasteiger partial charge in [-0.2, -0.15) is 0 Å². The molecule has 0 saturated carbocycles. The Balaban J connectivity index is 1.50. The first-order valence-electron chi connectivity index (χ1n) is 11.2. The monoisotopic (exact) mass is 459 g/mol. The van der Waals surface area contributed by atoms with Crippen molar-refractivity contribution in [3.05, 3.63) is 118 Å². The van der Waals surface area contributed by atoms with Crippen LogP contribution in [0.3, 0.4) is 0 Å². The molecule has 3 aliphatic carbocycles. The highest BCUT2D eigenvalue weighted by Gasteiger charge is 2.42. The first kappa shape index (κ1) is 20.9. The summed E-state index contributed by atoms with van der Waals surface area (Å²) in [6, 6.07) is 9.54. The highest BCUT2D eigenvalue weighted by Crippen LogP contribution is 2.37. The minimum absolute atomic E-state index is 0.142. The van der Waals surface area contributed by atoms with Gasteiger partial charge in [-0.15, -0.1) is 0 Å². The van der Waals surface area contributed by atoms with E-state index in [9.17, 15) is 19.2 Å². The summed E-state index contributed by atoms with van der Waals surface area (Å²) in [6.07, 6.45) is 10.3. The van der Waals surface area contributed by atoms with E-state index in [1.807, 2.05) is 0 Å². The van der Waals surface area contributed by atoms with E-state index in [0.29, 0.717) is 50.5 Å². The van der Waals surface area contributed by atoms with Crippen molar-refractivity contribution >= 4 is 40.2 Å². The molecule has 0 amide bonds. The number of benzene rings is 2. The molecule has 6 heteroatoms. The van der Waals surface area contributed by atoms with Crippen molar-refractivity contribution in [1.29, 1.82) is 0 Å². The maximum Gasteiger partial charge on any atom is 0.239 e. The molecule has 1 aliphatic heterocycles. The van der Waals surface area contributed by atoms with Crippen LogP contribution in [0, 0.1) is 0 Å². The van der Waals surface area contributed by atoms with Crippen LogP contribution in [-0.2, 0) is 9.59 Å². The zero-order valence-corrected chi connectivity index (χ0v) is 18.6. The molecule has 0 bridgehead atoms. The second-order valence-corrected chi connectivity index (χ2v) is 8.70. The van der Waals surface area contributed by atoms with Crippen molar-refractivity contribution in [2.75, 3.05) is 5.32 Å². The van der Waals surface area contributed by atoms with Crippen LogP contribution in [0.5, 0.6) is 0 Å². The largest absolute Gasteiger partial charge is 0.364 e. The molecule has 0 spiro atoms. The summed E-state index contributed by atoms with van der Waals surface area (Å²) in [5.74, 6) is -0.943. The zero-order valence-electron chi connectivity index (χ0n) is 18.6. The highest BCUT2D eigenvalue weighted by molar-refractivity contribution is 6.31. The summed E-state index contributed by atoms with van der Waals surface area (Å²) in [5.41, 5.74) is 3.99. The quantitative estimate of drug-likeness (QED) is 0.504. The van der Waals surface area contributed by atoms with Gasteiger partial charge in [0.25, 0.3) is 0 Å². The number of allylic oxidation sites excluding steroid dienone is 7. The predicted molar refractivity (Wildman–Crippen MR) is 131 cm³/mol. The topological polar surface area (TPSA) is 94.3 Å². The fourth-order valence-electron chi connectivity index (χ4n) is 4.96. The Morgan fingerprint density at radius 1 is 0.829 bits per heavy atom. The van der Waals surface area contributed by atoms with Crippen LogP contribution in [0.25, 0.3) is 0 Å². The van der Waals surface area contributed by atoms with Gasteiger partial charge >= 0.3 is 0 Å². The molecule has 35 heavy (non-hydrogen) atoms. The summed E-state index contributed by atoms with van der Waals surface area (Å²) >= 11 is 0. The second-order valence-electron chi connectivity index (χ2n) is 8.70. The summed E-state index contributed by atoms with van der Waals surface area (Å²) in [7, 11) is 0. The number of hydrogen-bond acceptors (Lipinski definition) is 5. The molecule has 1 atom stereocenters. The molecule has 6 nitrogen and oxygen atoms in total. The number of ketones is 4. The zero-order chi connectivity index (χ0) is 24.3. The molecule has 0 saturated heterocycles. The Labute approximate surface area is 200 Å². The molecule has 168 valence electrons. The maximum absolute atomic E-state index is 13.4. The lowest BCUT2D eigenvalue weighted by Gasteiger charge is -2.28.